The zero-order chi connectivity index (χ0) is 16.8. The fourth-order valence-corrected chi connectivity index (χ4v) is 2.59. The Morgan fingerprint density at radius 2 is 2.13 bits per heavy atom. The summed E-state index contributed by atoms with van der Waals surface area (Å²) in [6.07, 6.45) is 0. The number of aliphatic imine (C=N–C) groups is 1. The highest BCUT2D eigenvalue weighted by molar-refractivity contribution is 7.13. The third kappa shape index (κ3) is 4.65. The molecular formula is C14H24N8S. The Balaban J connectivity index is 1.97. The average Bonchev–Trinajstić information content (AvgIpc) is 3.11. The molecule has 0 aliphatic carbocycles. The van der Waals surface area contributed by atoms with Gasteiger partial charge in [0.25, 0.3) is 0 Å². The Bertz CT molecular complexity index is 658. The number of nitrogens with one attached hydrogen (secondary N) is 2. The second-order valence-corrected chi connectivity index (χ2v) is 6.12. The van der Waals surface area contributed by atoms with E-state index >= 15 is 0 Å². The van der Waals surface area contributed by atoms with Crippen molar-refractivity contribution in [1.82, 2.24) is 30.4 Å². The second-order valence-electron chi connectivity index (χ2n) is 5.29. The summed E-state index contributed by atoms with van der Waals surface area (Å²) < 4.78 is 1.96. The number of aromatic nitrogens is 4. The van der Waals surface area contributed by atoms with E-state index in [1.54, 1.807) is 11.3 Å². The van der Waals surface area contributed by atoms with Crippen molar-refractivity contribution in [3.05, 3.63) is 22.7 Å². The van der Waals surface area contributed by atoms with Crippen LogP contribution in [0.1, 0.15) is 24.3 Å². The van der Waals surface area contributed by atoms with Gasteiger partial charge >= 0.3 is 0 Å². The molecule has 0 saturated heterocycles. The maximum Gasteiger partial charge on any atom is 0.192 e. The Morgan fingerprint density at radius 1 is 1.35 bits per heavy atom. The maximum atomic E-state index is 4.57. The third-order valence-corrected chi connectivity index (χ3v) is 4.32. The van der Waals surface area contributed by atoms with Crippen LogP contribution in [0.25, 0.3) is 0 Å². The smallest absolute Gasteiger partial charge is 0.192 e. The molecule has 0 aromatic carbocycles. The standard InChI is InChI=1S/C14H24N8S/c1-6-15-13(17-8-12-20-19-10(2)22(12)5)16-7-11-9-23-14(18-11)21(3)4/h9H,6-8H2,1-5H3,(H2,15,16,17). The summed E-state index contributed by atoms with van der Waals surface area (Å²) in [7, 11) is 5.93. The van der Waals surface area contributed by atoms with Crippen molar-refractivity contribution >= 4 is 22.4 Å². The second kappa shape index (κ2) is 7.91. The number of aryl methyl sites for hydroxylation is 1. The summed E-state index contributed by atoms with van der Waals surface area (Å²) in [5.74, 6) is 2.51. The normalized spacial score (nSPS) is 11.6. The summed E-state index contributed by atoms with van der Waals surface area (Å²) in [4.78, 5) is 11.1. The van der Waals surface area contributed by atoms with E-state index in [0.717, 1.165) is 35.0 Å². The van der Waals surface area contributed by atoms with Crippen molar-refractivity contribution in [1.29, 1.82) is 0 Å². The predicted molar refractivity (Wildman–Crippen MR) is 93.8 cm³/mol. The van der Waals surface area contributed by atoms with E-state index in [2.05, 4.69) is 30.8 Å². The number of thiazole rings is 1. The van der Waals surface area contributed by atoms with Gasteiger partial charge in [-0.25, -0.2) is 9.98 Å². The quantitative estimate of drug-likeness (QED) is 0.602. The molecule has 2 heterocycles. The monoisotopic (exact) mass is 336 g/mol. The number of hydrogen-bond donors (Lipinski definition) is 2. The molecule has 8 nitrogen and oxygen atoms in total. The van der Waals surface area contributed by atoms with Gasteiger partial charge in [0.1, 0.15) is 5.82 Å². The van der Waals surface area contributed by atoms with Crippen LogP contribution in [0.4, 0.5) is 5.13 Å². The fraction of sp³-hybridized carbons (Fsp3) is 0.571. The molecule has 0 spiro atoms. The lowest BCUT2D eigenvalue weighted by molar-refractivity contribution is 0.718. The zero-order valence-electron chi connectivity index (χ0n) is 14.3. The summed E-state index contributed by atoms with van der Waals surface area (Å²) in [5.41, 5.74) is 0.963. The zero-order valence-corrected chi connectivity index (χ0v) is 15.1. The molecule has 126 valence electrons. The molecule has 0 aliphatic heterocycles. The molecule has 0 bridgehead atoms. The van der Waals surface area contributed by atoms with Crippen LogP contribution in [0.5, 0.6) is 0 Å². The first kappa shape index (κ1) is 17.2. The van der Waals surface area contributed by atoms with E-state index in [4.69, 9.17) is 0 Å². The molecule has 2 N–H and O–H groups in total. The van der Waals surface area contributed by atoms with Crippen molar-refractivity contribution in [2.75, 3.05) is 25.5 Å². The maximum absolute atomic E-state index is 4.57. The van der Waals surface area contributed by atoms with Crippen molar-refractivity contribution in [2.45, 2.75) is 26.9 Å². The Hall–Kier alpha value is -2.16. The number of nitrogens with zero attached hydrogens (tertiary/aromatic N) is 6. The van der Waals surface area contributed by atoms with E-state index in [0.29, 0.717) is 13.1 Å². The molecule has 0 radical (unpaired) electrons. The SMILES string of the molecule is CCNC(=NCc1csc(N(C)C)n1)NCc1nnc(C)n1C. The van der Waals surface area contributed by atoms with Crippen LogP contribution >= 0.6 is 11.3 Å². The molecule has 2 aromatic rings. The number of guanidine groups is 1. The van der Waals surface area contributed by atoms with Gasteiger partial charge in [-0.3, -0.25) is 0 Å². The molecule has 2 aromatic heterocycles. The van der Waals surface area contributed by atoms with Gasteiger partial charge in [-0.15, -0.1) is 21.5 Å². The van der Waals surface area contributed by atoms with E-state index < -0.39 is 0 Å². The lowest BCUT2D eigenvalue weighted by Gasteiger charge is -2.10. The van der Waals surface area contributed by atoms with Crippen molar-refractivity contribution < 1.29 is 0 Å². The van der Waals surface area contributed by atoms with E-state index in [9.17, 15) is 0 Å². The van der Waals surface area contributed by atoms with Crippen LogP contribution in [0.2, 0.25) is 0 Å². The van der Waals surface area contributed by atoms with Crippen LogP contribution in [0.3, 0.4) is 0 Å². The Labute approximate surface area is 140 Å². The van der Waals surface area contributed by atoms with Crippen molar-refractivity contribution in [2.24, 2.45) is 12.0 Å². The van der Waals surface area contributed by atoms with Gasteiger partial charge in [0.2, 0.25) is 0 Å². The number of hydrogen-bond acceptors (Lipinski definition) is 6. The molecule has 0 amide bonds. The highest BCUT2D eigenvalue weighted by Gasteiger charge is 2.07. The third-order valence-electron chi connectivity index (χ3n) is 3.26. The van der Waals surface area contributed by atoms with Gasteiger partial charge in [0.05, 0.1) is 18.8 Å². The summed E-state index contributed by atoms with van der Waals surface area (Å²) in [5, 5.41) is 17.7. The predicted octanol–water partition coefficient (Wildman–Crippen LogP) is 0.901. The first-order chi connectivity index (χ1) is 11.0. The Kier molecular flexibility index (Phi) is 5.91. The van der Waals surface area contributed by atoms with Gasteiger partial charge in [-0.05, 0) is 13.8 Å². The first-order valence-corrected chi connectivity index (χ1v) is 8.38. The first-order valence-electron chi connectivity index (χ1n) is 7.50. The molecule has 9 heteroatoms. The minimum Gasteiger partial charge on any atom is -0.357 e. The summed E-state index contributed by atoms with van der Waals surface area (Å²) >= 11 is 1.62. The largest absolute Gasteiger partial charge is 0.357 e. The summed E-state index contributed by atoms with van der Waals surface area (Å²) in [6, 6.07) is 0. The van der Waals surface area contributed by atoms with Crippen LogP contribution in [0.15, 0.2) is 10.4 Å². The molecule has 0 unspecified atom stereocenters. The number of anilines is 1. The van der Waals surface area contributed by atoms with Crippen LogP contribution < -0.4 is 15.5 Å². The highest BCUT2D eigenvalue weighted by Crippen LogP contribution is 2.18. The molecular weight excluding hydrogens is 312 g/mol. The van der Waals surface area contributed by atoms with Gasteiger partial charge in [-0.1, -0.05) is 0 Å². The lowest BCUT2D eigenvalue weighted by Crippen LogP contribution is -2.37. The fourth-order valence-electron chi connectivity index (χ4n) is 1.84. The van der Waals surface area contributed by atoms with Gasteiger partial charge < -0.3 is 20.1 Å². The molecule has 0 atom stereocenters. The van der Waals surface area contributed by atoms with Gasteiger partial charge in [0.15, 0.2) is 16.9 Å². The summed E-state index contributed by atoms with van der Waals surface area (Å²) in [6.45, 7) is 5.88. The molecule has 2 rings (SSSR count). The number of rotatable bonds is 6. The van der Waals surface area contributed by atoms with Crippen LogP contribution in [0, 0.1) is 6.92 Å². The molecule has 0 fully saturated rings. The van der Waals surface area contributed by atoms with E-state index in [1.165, 1.54) is 0 Å². The Morgan fingerprint density at radius 3 is 2.70 bits per heavy atom. The van der Waals surface area contributed by atoms with Crippen molar-refractivity contribution in [3.8, 4) is 0 Å². The highest BCUT2D eigenvalue weighted by atomic mass is 32.1. The van der Waals surface area contributed by atoms with Crippen LogP contribution in [-0.2, 0) is 20.1 Å². The lowest BCUT2D eigenvalue weighted by atomic mass is 10.5. The van der Waals surface area contributed by atoms with E-state index in [1.807, 2.05) is 49.8 Å². The van der Waals surface area contributed by atoms with Gasteiger partial charge in [0, 0.05) is 33.1 Å². The van der Waals surface area contributed by atoms with E-state index in [-0.39, 0.29) is 0 Å². The van der Waals surface area contributed by atoms with Crippen LogP contribution in [-0.4, -0.2) is 46.3 Å². The van der Waals surface area contributed by atoms with Gasteiger partial charge in [-0.2, -0.15) is 0 Å². The topological polar surface area (TPSA) is 83.3 Å². The van der Waals surface area contributed by atoms with Crippen molar-refractivity contribution in [3.63, 3.8) is 0 Å². The minimum atomic E-state index is 0.539. The minimum absolute atomic E-state index is 0.539. The average molecular weight is 336 g/mol. The molecule has 0 saturated carbocycles. The molecule has 23 heavy (non-hydrogen) atoms. The molecule has 0 aliphatic rings.